The summed E-state index contributed by atoms with van der Waals surface area (Å²) in [5.41, 5.74) is 0.0841. The van der Waals surface area contributed by atoms with E-state index < -0.39 is 29.4 Å². The topological polar surface area (TPSA) is 85.2 Å². The lowest BCUT2D eigenvalue weighted by molar-refractivity contribution is 0.0640. The molecule has 12 heteroatoms. The number of aromatic nitrogens is 2. The van der Waals surface area contributed by atoms with Crippen LogP contribution in [-0.2, 0) is 0 Å². The minimum Gasteiger partial charge on any atom is -0.337 e. The van der Waals surface area contributed by atoms with Crippen LogP contribution in [0.15, 0.2) is 29.5 Å². The van der Waals surface area contributed by atoms with Crippen LogP contribution in [-0.4, -0.2) is 82.2 Å². The first-order valence-corrected chi connectivity index (χ1v) is 11.0. The molecular formula is C22H22F3N7O2. The Morgan fingerprint density at radius 3 is 2.26 bits per heavy atom. The maximum atomic E-state index is 14.2. The molecule has 3 aliphatic rings. The fourth-order valence-corrected chi connectivity index (χ4v) is 4.21. The summed E-state index contributed by atoms with van der Waals surface area (Å²) in [4.78, 5) is 38.6. The van der Waals surface area contributed by atoms with Crippen LogP contribution in [0.25, 0.3) is 0 Å². The summed E-state index contributed by atoms with van der Waals surface area (Å²) in [5.74, 6) is -2.41. The van der Waals surface area contributed by atoms with Crippen molar-refractivity contribution in [1.82, 2.24) is 24.8 Å². The average molecular weight is 473 g/mol. The second-order valence-corrected chi connectivity index (χ2v) is 8.37. The lowest BCUT2D eigenvalue weighted by Gasteiger charge is -2.37. The number of hydrogen-bond donors (Lipinski definition) is 0. The molecule has 2 saturated heterocycles. The van der Waals surface area contributed by atoms with Crippen molar-refractivity contribution in [3.63, 3.8) is 0 Å². The SMILES string of the molecule is O=C(c1nc(N2CCN(C(=O)N3N=CC[C@H]3c3cc(F)cc(F)c3)CC2)ncc1F)N1CCC1. The third-order valence-electron chi connectivity index (χ3n) is 6.21. The number of nitrogens with zero attached hydrogens (tertiary/aromatic N) is 7. The summed E-state index contributed by atoms with van der Waals surface area (Å²) >= 11 is 0. The quantitative estimate of drug-likeness (QED) is 0.684. The Hall–Kier alpha value is -3.70. The number of urea groups is 1. The van der Waals surface area contributed by atoms with E-state index in [2.05, 4.69) is 15.1 Å². The summed E-state index contributed by atoms with van der Waals surface area (Å²) in [7, 11) is 0. The minimum atomic E-state index is -0.763. The third kappa shape index (κ3) is 4.15. The molecule has 5 rings (SSSR count). The molecule has 3 amide bonds. The highest BCUT2D eigenvalue weighted by Gasteiger charge is 2.34. The van der Waals surface area contributed by atoms with Crippen LogP contribution in [0, 0.1) is 17.5 Å². The van der Waals surface area contributed by atoms with Crippen LogP contribution in [0.4, 0.5) is 23.9 Å². The lowest BCUT2D eigenvalue weighted by atomic mass is 10.0. The number of piperazine rings is 1. The van der Waals surface area contributed by atoms with E-state index in [1.54, 1.807) is 16.0 Å². The van der Waals surface area contributed by atoms with Gasteiger partial charge >= 0.3 is 6.03 Å². The zero-order chi connectivity index (χ0) is 23.8. The predicted octanol–water partition coefficient (Wildman–Crippen LogP) is 2.41. The zero-order valence-electron chi connectivity index (χ0n) is 18.2. The van der Waals surface area contributed by atoms with Crippen LogP contribution >= 0.6 is 0 Å². The van der Waals surface area contributed by atoms with E-state index in [1.807, 2.05) is 0 Å². The van der Waals surface area contributed by atoms with Gasteiger partial charge in [-0.1, -0.05) is 0 Å². The van der Waals surface area contributed by atoms with Crippen molar-refractivity contribution in [3.8, 4) is 0 Å². The van der Waals surface area contributed by atoms with E-state index in [0.717, 1.165) is 18.7 Å². The fourth-order valence-electron chi connectivity index (χ4n) is 4.21. The van der Waals surface area contributed by atoms with Gasteiger partial charge in [0.1, 0.15) is 11.6 Å². The van der Waals surface area contributed by atoms with Crippen molar-refractivity contribution >= 4 is 24.1 Å². The number of rotatable bonds is 3. The first kappa shape index (κ1) is 22.1. The number of anilines is 1. The summed E-state index contributed by atoms with van der Waals surface area (Å²) in [5, 5.41) is 5.36. The van der Waals surface area contributed by atoms with E-state index in [-0.39, 0.29) is 17.7 Å². The predicted molar refractivity (Wildman–Crippen MR) is 116 cm³/mol. The maximum Gasteiger partial charge on any atom is 0.341 e. The van der Waals surface area contributed by atoms with E-state index in [9.17, 15) is 22.8 Å². The Morgan fingerprint density at radius 1 is 0.912 bits per heavy atom. The van der Waals surface area contributed by atoms with Crippen molar-refractivity contribution in [2.75, 3.05) is 44.2 Å². The molecule has 4 heterocycles. The molecular weight excluding hydrogens is 451 g/mol. The fraction of sp³-hybridized carbons (Fsp3) is 0.409. The van der Waals surface area contributed by atoms with E-state index in [1.165, 1.54) is 22.0 Å². The van der Waals surface area contributed by atoms with Gasteiger partial charge in [-0.05, 0) is 24.1 Å². The number of hydrazone groups is 1. The molecule has 3 aliphatic heterocycles. The molecule has 0 radical (unpaired) electrons. The zero-order valence-corrected chi connectivity index (χ0v) is 18.2. The average Bonchev–Trinajstić information content (AvgIpc) is 3.27. The van der Waals surface area contributed by atoms with Gasteiger partial charge in [0.25, 0.3) is 5.91 Å². The Kier molecular flexibility index (Phi) is 5.80. The molecule has 2 aromatic rings. The summed E-state index contributed by atoms with van der Waals surface area (Å²) in [6.07, 6.45) is 3.78. The van der Waals surface area contributed by atoms with Crippen molar-refractivity contribution < 1.29 is 22.8 Å². The van der Waals surface area contributed by atoms with Gasteiger partial charge in [-0.2, -0.15) is 5.10 Å². The molecule has 0 spiro atoms. The first-order chi connectivity index (χ1) is 16.4. The van der Waals surface area contributed by atoms with Crippen molar-refractivity contribution in [2.45, 2.75) is 18.9 Å². The Labute approximate surface area is 193 Å². The van der Waals surface area contributed by atoms with E-state index >= 15 is 0 Å². The molecule has 178 valence electrons. The van der Waals surface area contributed by atoms with Gasteiger partial charge < -0.3 is 14.7 Å². The van der Waals surface area contributed by atoms with Crippen molar-refractivity contribution in [1.29, 1.82) is 0 Å². The second kappa shape index (κ2) is 8.92. The largest absolute Gasteiger partial charge is 0.341 e. The molecule has 9 nitrogen and oxygen atoms in total. The number of amides is 3. The van der Waals surface area contributed by atoms with Gasteiger partial charge in [0.2, 0.25) is 5.95 Å². The van der Waals surface area contributed by atoms with Crippen LogP contribution in [0.3, 0.4) is 0 Å². The van der Waals surface area contributed by atoms with Gasteiger partial charge in [-0.3, -0.25) is 4.79 Å². The van der Waals surface area contributed by atoms with Gasteiger partial charge in [0.15, 0.2) is 11.5 Å². The number of halogens is 3. The standard InChI is InChI=1S/C22H22F3N7O2/c23-15-10-14(11-16(24)12-15)18-2-3-27-32(18)22(34)31-8-6-30(7-9-31)21-26-13-17(25)19(28-21)20(33)29-4-1-5-29/h3,10-13,18H,1-2,4-9H2/t18-/m0/s1. The van der Waals surface area contributed by atoms with Crippen LogP contribution in [0.5, 0.6) is 0 Å². The molecule has 0 N–H and O–H groups in total. The van der Waals surface area contributed by atoms with Crippen LogP contribution in [0.1, 0.15) is 34.9 Å². The molecule has 34 heavy (non-hydrogen) atoms. The van der Waals surface area contributed by atoms with Crippen molar-refractivity contribution in [2.24, 2.45) is 5.10 Å². The van der Waals surface area contributed by atoms with Gasteiger partial charge in [-0.25, -0.2) is 32.9 Å². The molecule has 0 unspecified atom stereocenters. The molecule has 0 aliphatic carbocycles. The number of carbonyl (C=O) groups excluding carboxylic acids is 2. The van der Waals surface area contributed by atoms with Crippen LogP contribution < -0.4 is 4.90 Å². The van der Waals surface area contributed by atoms with E-state index in [4.69, 9.17) is 0 Å². The summed E-state index contributed by atoms with van der Waals surface area (Å²) in [6.45, 7) is 2.52. The molecule has 2 fully saturated rings. The van der Waals surface area contributed by atoms with E-state index in [0.29, 0.717) is 51.3 Å². The van der Waals surface area contributed by atoms with Crippen LogP contribution in [0.2, 0.25) is 0 Å². The number of hydrogen-bond acceptors (Lipinski definition) is 6. The van der Waals surface area contributed by atoms with Gasteiger partial charge in [0, 0.05) is 58.0 Å². The summed E-state index contributed by atoms with van der Waals surface area (Å²) in [6, 6.07) is 2.21. The number of benzene rings is 1. The smallest absolute Gasteiger partial charge is 0.337 e. The molecule has 1 atom stereocenters. The van der Waals surface area contributed by atoms with Gasteiger partial charge in [0.05, 0.1) is 12.2 Å². The molecule has 1 aromatic carbocycles. The Morgan fingerprint density at radius 2 is 1.62 bits per heavy atom. The highest BCUT2D eigenvalue weighted by Crippen LogP contribution is 2.30. The monoisotopic (exact) mass is 473 g/mol. The normalized spacial score (nSPS) is 20.0. The van der Waals surface area contributed by atoms with Gasteiger partial charge in [-0.15, -0.1) is 0 Å². The number of likely N-dealkylation sites (tertiary alicyclic amines) is 1. The maximum absolute atomic E-state index is 14.2. The second-order valence-electron chi connectivity index (χ2n) is 8.37. The molecule has 1 aromatic heterocycles. The number of carbonyl (C=O) groups is 2. The minimum absolute atomic E-state index is 0.227. The third-order valence-corrected chi connectivity index (χ3v) is 6.21. The highest BCUT2D eigenvalue weighted by atomic mass is 19.1. The Bertz CT molecular complexity index is 1130. The first-order valence-electron chi connectivity index (χ1n) is 11.0. The molecule has 0 saturated carbocycles. The van der Waals surface area contributed by atoms with Crippen molar-refractivity contribution in [3.05, 3.63) is 53.1 Å². The summed E-state index contributed by atoms with van der Waals surface area (Å²) < 4.78 is 41.5. The molecule has 0 bridgehead atoms. The Balaban J connectivity index is 1.25. The highest BCUT2D eigenvalue weighted by molar-refractivity contribution is 5.93. The lowest BCUT2D eigenvalue weighted by Crippen LogP contribution is -2.52.